The first-order valence-electron chi connectivity index (χ1n) is 7.67. The Kier molecular flexibility index (Phi) is 3.31. The van der Waals surface area contributed by atoms with Crippen molar-refractivity contribution in [3.05, 3.63) is 68.9 Å². The van der Waals surface area contributed by atoms with Crippen LogP contribution in [0.3, 0.4) is 0 Å². The van der Waals surface area contributed by atoms with E-state index in [-0.39, 0.29) is 10.4 Å². The molecule has 2 aromatic carbocycles. The molecule has 8 nitrogen and oxygen atoms in total. The fourth-order valence-electron chi connectivity index (χ4n) is 2.94. The zero-order valence-electron chi connectivity index (χ0n) is 13.6. The highest BCUT2D eigenvalue weighted by molar-refractivity contribution is 7.90. The maximum absolute atomic E-state index is 13.2. The third-order valence-electron chi connectivity index (χ3n) is 4.19. The average Bonchev–Trinajstić information content (AvgIpc) is 2.95. The molecular weight excluding hydrogens is 356 g/mol. The summed E-state index contributed by atoms with van der Waals surface area (Å²) >= 11 is 0. The van der Waals surface area contributed by atoms with Crippen LogP contribution in [0.1, 0.15) is 5.56 Å². The van der Waals surface area contributed by atoms with Crippen LogP contribution in [0.4, 0.5) is 5.69 Å². The van der Waals surface area contributed by atoms with E-state index >= 15 is 0 Å². The number of aromatic nitrogens is 3. The molecule has 0 bridgehead atoms. The minimum Gasteiger partial charge on any atom is -0.399 e. The predicted molar refractivity (Wildman–Crippen MR) is 98.9 cm³/mol. The van der Waals surface area contributed by atoms with Gasteiger partial charge in [0.2, 0.25) is 0 Å². The van der Waals surface area contributed by atoms with Crippen LogP contribution in [0.2, 0.25) is 0 Å². The van der Waals surface area contributed by atoms with E-state index in [1.165, 1.54) is 24.3 Å². The van der Waals surface area contributed by atoms with Gasteiger partial charge in [-0.25, -0.2) is 13.2 Å². The molecule has 4 N–H and O–H groups in total. The maximum Gasteiger partial charge on any atom is 0.323 e. The first-order valence-corrected chi connectivity index (χ1v) is 9.11. The molecular formula is C17H14N4O4S. The van der Waals surface area contributed by atoms with Crippen LogP contribution >= 0.6 is 0 Å². The lowest BCUT2D eigenvalue weighted by Gasteiger charge is -2.13. The summed E-state index contributed by atoms with van der Waals surface area (Å²) in [5.74, 6) is 0. The van der Waals surface area contributed by atoms with Crippen LogP contribution in [0, 0.1) is 6.92 Å². The molecule has 4 aromatic rings. The van der Waals surface area contributed by atoms with Gasteiger partial charge < -0.3 is 15.7 Å². The van der Waals surface area contributed by atoms with E-state index in [1.807, 2.05) is 0 Å². The number of fused-ring (bicyclic) bond motifs is 2. The number of anilines is 1. The molecule has 0 aliphatic carbocycles. The molecule has 0 saturated carbocycles. The van der Waals surface area contributed by atoms with E-state index in [9.17, 15) is 18.0 Å². The number of H-pyrrole nitrogens is 2. The fraction of sp³-hybridized carbons (Fsp3) is 0.0588. The summed E-state index contributed by atoms with van der Waals surface area (Å²) in [6.45, 7) is 1.55. The Morgan fingerprint density at radius 3 is 2.46 bits per heavy atom. The van der Waals surface area contributed by atoms with Gasteiger partial charge in [-0.1, -0.05) is 6.07 Å². The van der Waals surface area contributed by atoms with Gasteiger partial charge in [0.25, 0.3) is 15.6 Å². The van der Waals surface area contributed by atoms with Gasteiger partial charge in [0.05, 0.1) is 21.4 Å². The quantitative estimate of drug-likeness (QED) is 0.458. The summed E-state index contributed by atoms with van der Waals surface area (Å²) in [4.78, 5) is 29.0. The van der Waals surface area contributed by atoms with Crippen molar-refractivity contribution in [3.8, 4) is 0 Å². The molecule has 2 heterocycles. The zero-order valence-corrected chi connectivity index (χ0v) is 14.4. The van der Waals surface area contributed by atoms with Crippen molar-refractivity contribution in [2.45, 2.75) is 11.8 Å². The first kappa shape index (κ1) is 16.2. The highest BCUT2D eigenvalue weighted by Crippen LogP contribution is 2.23. The molecule has 2 aromatic heterocycles. The molecule has 0 amide bonds. The monoisotopic (exact) mass is 370 g/mol. The molecule has 0 atom stereocenters. The summed E-state index contributed by atoms with van der Waals surface area (Å²) in [6.07, 6.45) is 0. The van der Waals surface area contributed by atoms with Crippen molar-refractivity contribution >= 4 is 37.6 Å². The summed E-state index contributed by atoms with van der Waals surface area (Å²) in [5.41, 5.74) is 6.33. The van der Waals surface area contributed by atoms with Crippen LogP contribution in [0.15, 0.2) is 56.9 Å². The highest BCUT2D eigenvalue weighted by Gasteiger charge is 2.23. The second-order valence-corrected chi connectivity index (χ2v) is 7.79. The Hall–Kier alpha value is -3.33. The Morgan fingerprint density at radius 1 is 0.962 bits per heavy atom. The molecule has 0 fully saturated rings. The van der Waals surface area contributed by atoms with E-state index < -0.39 is 21.3 Å². The number of aryl methyl sites for hydroxylation is 1. The molecule has 132 valence electrons. The molecule has 26 heavy (non-hydrogen) atoms. The predicted octanol–water partition coefficient (Wildman–Crippen LogP) is 1.30. The second-order valence-electron chi connectivity index (χ2n) is 6.01. The van der Waals surface area contributed by atoms with Gasteiger partial charge >= 0.3 is 5.69 Å². The number of rotatable bonds is 2. The smallest absolute Gasteiger partial charge is 0.323 e. The number of hydrogen-bond donors (Lipinski definition) is 3. The standard InChI is InChI=1S/C17H14N4O4S/c1-9-6-10-2-3-11(18)7-15(10)21(16(9)22)26(24,25)12-4-5-13-14(8-12)20-17(23)19-13/h2-8H,18H2,1H3,(H2,19,20,23). The van der Waals surface area contributed by atoms with Crippen LogP contribution in [0.5, 0.6) is 0 Å². The van der Waals surface area contributed by atoms with Crippen molar-refractivity contribution in [1.29, 1.82) is 0 Å². The lowest BCUT2D eigenvalue weighted by molar-refractivity contribution is 0.587. The van der Waals surface area contributed by atoms with Crippen molar-refractivity contribution in [1.82, 2.24) is 13.9 Å². The Bertz CT molecular complexity index is 1410. The summed E-state index contributed by atoms with van der Waals surface area (Å²) in [7, 11) is -4.21. The Balaban J connectivity index is 2.09. The molecule has 0 radical (unpaired) electrons. The van der Waals surface area contributed by atoms with Gasteiger partial charge in [0, 0.05) is 11.3 Å². The van der Waals surface area contributed by atoms with Gasteiger partial charge in [0.15, 0.2) is 0 Å². The van der Waals surface area contributed by atoms with Gasteiger partial charge in [-0.3, -0.25) is 4.79 Å². The van der Waals surface area contributed by atoms with Crippen molar-refractivity contribution < 1.29 is 8.42 Å². The molecule has 0 spiro atoms. The van der Waals surface area contributed by atoms with E-state index in [2.05, 4.69) is 9.97 Å². The second kappa shape index (κ2) is 5.33. The number of nitrogens with two attached hydrogens (primary N) is 1. The normalized spacial score (nSPS) is 12.0. The minimum absolute atomic E-state index is 0.114. The van der Waals surface area contributed by atoms with Crippen molar-refractivity contribution in [2.75, 3.05) is 5.73 Å². The molecule has 9 heteroatoms. The molecule has 0 aliphatic rings. The van der Waals surface area contributed by atoms with Gasteiger partial charge in [-0.15, -0.1) is 0 Å². The molecule has 0 unspecified atom stereocenters. The average molecular weight is 370 g/mol. The number of aromatic amines is 2. The number of nitrogens with zero attached hydrogens (tertiary/aromatic N) is 1. The lowest BCUT2D eigenvalue weighted by atomic mass is 10.1. The Labute approximate surface area is 146 Å². The summed E-state index contributed by atoms with van der Waals surface area (Å²) < 4.78 is 27.2. The third kappa shape index (κ3) is 2.32. The van der Waals surface area contributed by atoms with E-state index in [0.29, 0.717) is 27.7 Å². The van der Waals surface area contributed by atoms with Crippen LogP contribution in [-0.2, 0) is 10.0 Å². The van der Waals surface area contributed by atoms with E-state index in [4.69, 9.17) is 5.73 Å². The van der Waals surface area contributed by atoms with Crippen molar-refractivity contribution in [2.24, 2.45) is 0 Å². The molecule has 0 saturated heterocycles. The highest BCUT2D eigenvalue weighted by atomic mass is 32.2. The SMILES string of the molecule is Cc1cc2ccc(N)cc2n(S(=O)(=O)c2ccc3[nH]c(=O)[nH]c3c2)c1=O. The van der Waals surface area contributed by atoms with Gasteiger partial charge in [0.1, 0.15) is 0 Å². The van der Waals surface area contributed by atoms with Crippen LogP contribution < -0.4 is 17.0 Å². The number of nitrogen functional groups attached to an aromatic ring is 1. The first-order chi connectivity index (χ1) is 12.3. The Morgan fingerprint density at radius 2 is 1.69 bits per heavy atom. The zero-order chi connectivity index (χ0) is 18.6. The van der Waals surface area contributed by atoms with Gasteiger partial charge in [-0.05, 0) is 48.7 Å². The van der Waals surface area contributed by atoms with Crippen LogP contribution in [-0.4, -0.2) is 22.4 Å². The third-order valence-corrected chi connectivity index (χ3v) is 5.89. The number of imidazole rings is 1. The van der Waals surface area contributed by atoms with E-state index in [1.54, 1.807) is 25.1 Å². The number of hydrogen-bond acceptors (Lipinski definition) is 5. The minimum atomic E-state index is -4.21. The molecule has 4 rings (SSSR count). The number of benzene rings is 2. The van der Waals surface area contributed by atoms with Gasteiger partial charge in [-0.2, -0.15) is 3.97 Å². The van der Waals surface area contributed by atoms with Crippen molar-refractivity contribution in [3.63, 3.8) is 0 Å². The van der Waals surface area contributed by atoms with E-state index in [0.717, 1.165) is 3.97 Å². The summed E-state index contributed by atoms with van der Waals surface area (Å²) in [6, 6.07) is 10.5. The number of nitrogens with one attached hydrogen (secondary N) is 2. The number of pyridine rings is 1. The topological polar surface area (TPSA) is 131 Å². The maximum atomic E-state index is 13.2. The van der Waals surface area contributed by atoms with Crippen LogP contribution in [0.25, 0.3) is 21.9 Å². The summed E-state index contributed by atoms with van der Waals surface area (Å²) in [5, 5.41) is 0.580. The largest absolute Gasteiger partial charge is 0.399 e. The molecule has 0 aliphatic heterocycles. The lowest BCUT2D eigenvalue weighted by Crippen LogP contribution is -2.29. The fourth-order valence-corrected chi connectivity index (χ4v) is 4.44.